The van der Waals surface area contributed by atoms with Gasteiger partial charge in [-0.15, -0.1) is 0 Å². The van der Waals surface area contributed by atoms with Crippen molar-refractivity contribution in [2.24, 2.45) is 18.4 Å². The third-order valence-electron chi connectivity index (χ3n) is 5.62. The highest BCUT2D eigenvalue weighted by molar-refractivity contribution is 5.95. The highest BCUT2D eigenvalue weighted by atomic mass is 19.3. The smallest absolute Gasteiger partial charge is 0.313 e. The molecule has 0 aromatic carbocycles. The third kappa shape index (κ3) is 3.56. The zero-order chi connectivity index (χ0) is 19.8. The van der Waals surface area contributed by atoms with Crippen molar-refractivity contribution in [3.8, 4) is 0 Å². The molecule has 0 saturated carbocycles. The molecule has 0 spiro atoms. The van der Waals surface area contributed by atoms with Crippen LogP contribution in [0.1, 0.15) is 42.2 Å². The molecule has 0 radical (unpaired) electrons. The largest absolute Gasteiger partial charge is 0.466 e. The fraction of sp³-hybridized carbons (Fsp3) is 0.722. The van der Waals surface area contributed by atoms with Gasteiger partial charge in [0.25, 0.3) is 12.3 Å². The second-order valence-electron chi connectivity index (χ2n) is 7.53. The summed E-state index contributed by atoms with van der Waals surface area (Å²) in [5.74, 6) is -0.754. The fourth-order valence-electron chi connectivity index (χ4n) is 4.48. The van der Waals surface area contributed by atoms with Gasteiger partial charge in [0.15, 0.2) is 0 Å². The predicted octanol–water partition coefficient (Wildman–Crippen LogP) is 1.70. The number of likely N-dealkylation sites (tertiary alicyclic amines) is 2. The van der Waals surface area contributed by atoms with E-state index in [-0.39, 0.29) is 17.5 Å². The first-order valence-electron chi connectivity index (χ1n) is 9.25. The summed E-state index contributed by atoms with van der Waals surface area (Å²) >= 11 is 0. The van der Waals surface area contributed by atoms with Gasteiger partial charge < -0.3 is 14.5 Å². The molecule has 0 aliphatic carbocycles. The highest BCUT2D eigenvalue weighted by Crippen LogP contribution is 2.43. The predicted molar refractivity (Wildman–Crippen MR) is 93.4 cm³/mol. The summed E-state index contributed by atoms with van der Waals surface area (Å²) in [6, 6.07) is 0. The molecule has 2 aliphatic rings. The van der Waals surface area contributed by atoms with Crippen molar-refractivity contribution in [3.05, 3.63) is 17.5 Å². The topological polar surface area (TPSA) is 67.7 Å². The number of hydrogen-bond donors (Lipinski definition) is 0. The molecule has 2 saturated heterocycles. The second-order valence-corrected chi connectivity index (χ2v) is 7.53. The van der Waals surface area contributed by atoms with Gasteiger partial charge in [0.05, 0.1) is 17.6 Å². The van der Waals surface area contributed by atoms with E-state index in [1.165, 1.54) is 17.9 Å². The van der Waals surface area contributed by atoms with Gasteiger partial charge >= 0.3 is 5.97 Å². The highest BCUT2D eigenvalue weighted by Gasteiger charge is 2.53. The Morgan fingerprint density at radius 2 is 2.11 bits per heavy atom. The zero-order valence-corrected chi connectivity index (χ0v) is 16.0. The molecule has 1 aromatic rings. The van der Waals surface area contributed by atoms with Crippen molar-refractivity contribution in [1.82, 2.24) is 19.6 Å². The third-order valence-corrected chi connectivity index (χ3v) is 5.62. The Bertz CT molecular complexity index is 723. The molecule has 7 nitrogen and oxygen atoms in total. The standard InChI is InChI=1S/C18H26F2N4O3/c1-4-27-17(26)18-6-5-7-24(9-12(18)8-22(2)11-18)16(25)13-10-23(3)21-14(13)15(19)20/h10,12,15H,4-9,11H2,1-3H3/t12-,18+/m1/s1. The van der Waals surface area contributed by atoms with Crippen LogP contribution in [0.5, 0.6) is 0 Å². The maximum absolute atomic E-state index is 13.3. The van der Waals surface area contributed by atoms with Crippen LogP contribution in [0.3, 0.4) is 0 Å². The van der Waals surface area contributed by atoms with Crippen molar-refractivity contribution in [1.29, 1.82) is 0 Å². The van der Waals surface area contributed by atoms with Gasteiger partial charge in [0, 0.05) is 45.3 Å². The zero-order valence-electron chi connectivity index (χ0n) is 16.0. The molecule has 2 aliphatic heterocycles. The number of aryl methyl sites for hydroxylation is 1. The first-order chi connectivity index (χ1) is 12.8. The maximum atomic E-state index is 13.3. The molecule has 0 unspecified atom stereocenters. The number of alkyl halides is 2. The normalized spacial score (nSPS) is 26.1. The van der Waals surface area contributed by atoms with Crippen LogP contribution in [-0.2, 0) is 16.6 Å². The lowest BCUT2D eigenvalue weighted by Crippen LogP contribution is -2.43. The van der Waals surface area contributed by atoms with Crippen LogP contribution in [0.15, 0.2) is 6.20 Å². The summed E-state index contributed by atoms with van der Waals surface area (Å²) in [5, 5.41) is 3.73. The van der Waals surface area contributed by atoms with Gasteiger partial charge in [0.2, 0.25) is 0 Å². The number of ether oxygens (including phenoxy) is 1. The van der Waals surface area contributed by atoms with Gasteiger partial charge in [-0.2, -0.15) is 5.10 Å². The number of hydrogen-bond acceptors (Lipinski definition) is 5. The lowest BCUT2D eigenvalue weighted by Gasteiger charge is -2.31. The first kappa shape index (κ1) is 19.7. The van der Waals surface area contributed by atoms with Gasteiger partial charge in [-0.25, -0.2) is 8.78 Å². The Labute approximate surface area is 157 Å². The molecule has 0 bridgehead atoms. The van der Waals surface area contributed by atoms with Crippen molar-refractivity contribution < 1.29 is 23.1 Å². The summed E-state index contributed by atoms with van der Waals surface area (Å²) in [5.41, 5.74) is -1.20. The van der Waals surface area contributed by atoms with Crippen molar-refractivity contribution >= 4 is 11.9 Å². The fourth-order valence-corrected chi connectivity index (χ4v) is 4.48. The molecule has 0 N–H and O–H groups in total. The number of amides is 1. The monoisotopic (exact) mass is 384 g/mol. The van der Waals surface area contributed by atoms with Gasteiger partial charge in [-0.1, -0.05) is 0 Å². The Balaban J connectivity index is 1.86. The Hall–Kier alpha value is -2.03. The molecular weight excluding hydrogens is 358 g/mol. The maximum Gasteiger partial charge on any atom is 0.313 e. The van der Waals surface area contributed by atoms with E-state index in [9.17, 15) is 18.4 Å². The van der Waals surface area contributed by atoms with Crippen LogP contribution in [0.2, 0.25) is 0 Å². The van der Waals surface area contributed by atoms with Crippen LogP contribution < -0.4 is 0 Å². The molecule has 27 heavy (non-hydrogen) atoms. The van der Waals surface area contributed by atoms with E-state index in [1.54, 1.807) is 11.8 Å². The first-order valence-corrected chi connectivity index (χ1v) is 9.25. The molecule has 2 atom stereocenters. The van der Waals surface area contributed by atoms with Crippen molar-refractivity contribution in [2.75, 3.05) is 39.8 Å². The average molecular weight is 384 g/mol. The number of rotatable bonds is 4. The Morgan fingerprint density at radius 3 is 2.78 bits per heavy atom. The van der Waals surface area contributed by atoms with Crippen molar-refractivity contribution in [2.45, 2.75) is 26.2 Å². The van der Waals surface area contributed by atoms with E-state index < -0.39 is 23.4 Å². The number of nitrogens with zero attached hydrogens (tertiary/aromatic N) is 4. The molecule has 3 rings (SSSR count). The second kappa shape index (κ2) is 7.53. The minimum absolute atomic E-state index is 0.0671. The Morgan fingerprint density at radius 1 is 1.37 bits per heavy atom. The summed E-state index contributed by atoms with van der Waals surface area (Å²) < 4.78 is 33.1. The summed E-state index contributed by atoms with van der Waals surface area (Å²) in [7, 11) is 3.46. The number of carbonyl (C=O) groups is 2. The molecule has 150 valence electrons. The molecule has 3 heterocycles. The van der Waals surface area contributed by atoms with Gasteiger partial charge in [0.1, 0.15) is 5.69 Å². The van der Waals surface area contributed by atoms with Crippen LogP contribution >= 0.6 is 0 Å². The lowest BCUT2D eigenvalue weighted by atomic mass is 9.75. The minimum Gasteiger partial charge on any atom is -0.466 e. The molecule has 9 heteroatoms. The lowest BCUT2D eigenvalue weighted by molar-refractivity contribution is -0.157. The summed E-state index contributed by atoms with van der Waals surface area (Å²) in [4.78, 5) is 29.4. The van der Waals surface area contributed by atoms with Crippen LogP contribution in [-0.4, -0.2) is 71.3 Å². The number of esters is 1. The van der Waals surface area contributed by atoms with E-state index >= 15 is 0 Å². The van der Waals surface area contributed by atoms with E-state index in [1.807, 2.05) is 7.05 Å². The van der Waals surface area contributed by atoms with E-state index in [2.05, 4.69) is 10.00 Å². The quantitative estimate of drug-likeness (QED) is 0.740. The minimum atomic E-state index is -2.81. The van der Waals surface area contributed by atoms with Crippen LogP contribution in [0.4, 0.5) is 8.78 Å². The van der Waals surface area contributed by atoms with Gasteiger partial charge in [-0.05, 0) is 26.8 Å². The summed E-state index contributed by atoms with van der Waals surface area (Å²) in [6.45, 7) is 4.12. The van der Waals surface area contributed by atoms with E-state index in [4.69, 9.17) is 4.74 Å². The van der Waals surface area contributed by atoms with E-state index in [0.29, 0.717) is 45.6 Å². The van der Waals surface area contributed by atoms with Crippen molar-refractivity contribution in [3.63, 3.8) is 0 Å². The van der Waals surface area contributed by atoms with Gasteiger partial charge in [-0.3, -0.25) is 14.3 Å². The number of carbonyl (C=O) groups excluding carboxylic acids is 2. The molecule has 2 fully saturated rings. The number of halogens is 2. The van der Waals surface area contributed by atoms with E-state index in [0.717, 1.165) is 0 Å². The molecule has 1 aromatic heterocycles. The average Bonchev–Trinajstić information content (AvgIpc) is 3.09. The Kier molecular flexibility index (Phi) is 5.50. The molecular formula is C18H26F2N4O3. The summed E-state index contributed by atoms with van der Waals surface area (Å²) in [6.07, 6.45) is -0.222. The number of fused-ring (bicyclic) bond motifs is 1. The van der Waals surface area contributed by atoms with Crippen LogP contribution in [0.25, 0.3) is 0 Å². The van der Waals surface area contributed by atoms with Crippen LogP contribution in [0, 0.1) is 11.3 Å². The molecule has 1 amide bonds. The SMILES string of the molecule is CCOC(=O)[C@]12CCCN(C(=O)c3cn(C)nc3C(F)F)C[C@H]1CN(C)C2. The number of aromatic nitrogens is 2.